The van der Waals surface area contributed by atoms with E-state index in [1.807, 2.05) is 19.1 Å². The molecule has 0 saturated carbocycles. The number of hydrogen-bond acceptors (Lipinski definition) is 6. The summed E-state index contributed by atoms with van der Waals surface area (Å²) >= 11 is 0. The Morgan fingerprint density at radius 1 is 1.46 bits per heavy atom. The maximum atomic E-state index is 12.8. The molecular formula is C18H26N4O4. The van der Waals surface area contributed by atoms with Crippen LogP contribution in [0.25, 0.3) is 5.65 Å². The second kappa shape index (κ2) is 8.18. The number of rotatable bonds is 5. The van der Waals surface area contributed by atoms with Crippen LogP contribution in [0.3, 0.4) is 0 Å². The van der Waals surface area contributed by atoms with E-state index in [4.69, 9.17) is 9.47 Å². The Hall–Kier alpha value is -2.61. The molecule has 0 unspecified atom stereocenters. The van der Waals surface area contributed by atoms with Gasteiger partial charge in [-0.25, -0.2) is 4.98 Å². The fraction of sp³-hybridized carbons (Fsp3) is 0.500. The number of pyridine rings is 1. The van der Waals surface area contributed by atoms with E-state index in [9.17, 15) is 9.59 Å². The lowest BCUT2D eigenvalue weighted by Gasteiger charge is -2.18. The van der Waals surface area contributed by atoms with Crippen molar-refractivity contribution in [1.29, 1.82) is 0 Å². The summed E-state index contributed by atoms with van der Waals surface area (Å²) in [6.45, 7) is 4.84. The largest absolute Gasteiger partial charge is 0.490 e. The molecular weight excluding hydrogens is 336 g/mol. The number of esters is 1. The van der Waals surface area contributed by atoms with E-state index in [1.54, 1.807) is 17.5 Å². The fourth-order valence-electron chi connectivity index (χ4n) is 3.17. The molecule has 1 fully saturated rings. The first-order valence-corrected chi connectivity index (χ1v) is 8.29. The zero-order valence-electron chi connectivity index (χ0n) is 14.5. The van der Waals surface area contributed by atoms with Gasteiger partial charge in [-0.1, -0.05) is 7.43 Å². The molecule has 2 N–H and O–H groups in total. The molecule has 0 spiro atoms. The van der Waals surface area contributed by atoms with Gasteiger partial charge in [-0.3, -0.25) is 14.0 Å². The molecule has 1 aliphatic rings. The highest BCUT2D eigenvalue weighted by atomic mass is 16.5. The van der Waals surface area contributed by atoms with Crippen LogP contribution >= 0.6 is 0 Å². The summed E-state index contributed by atoms with van der Waals surface area (Å²) in [5.74, 6) is -0.0281. The topological polar surface area (TPSA) is 94.0 Å². The summed E-state index contributed by atoms with van der Waals surface area (Å²) < 4.78 is 12.1. The third-order valence-corrected chi connectivity index (χ3v) is 4.30. The SMILES string of the molecule is C.CCOc1cccn2c(C(=O)N[C@@H]3CCN[C@@H]3C(=O)OC)c(C)nc12. The number of carbonyl (C=O) groups excluding carboxylic acids is 2. The zero-order valence-corrected chi connectivity index (χ0v) is 14.5. The lowest BCUT2D eigenvalue weighted by Crippen LogP contribution is -2.48. The minimum atomic E-state index is -0.535. The number of fused-ring (bicyclic) bond motifs is 1. The predicted molar refractivity (Wildman–Crippen MR) is 97.5 cm³/mol. The third-order valence-electron chi connectivity index (χ3n) is 4.30. The van der Waals surface area contributed by atoms with Gasteiger partial charge in [-0.2, -0.15) is 0 Å². The molecule has 26 heavy (non-hydrogen) atoms. The monoisotopic (exact) mass is 362 g/mol. The van der Waals surface area contributed by atoms with Crippen molar-refractivity contribution >= 4 is 17.5 Å². The molecule has 0 aliphatic carbocycles. The van der Waals surface area contributed by atoms with Crippen molar-refractivity contribution < 1.29 is 19.1 Å². The van der Waals surface area contributed by atoms with E-state index >= 15 is 0 Å². The van der Waals surface area contributed by atoms with E-state index in [1.165, 1.54) is 7.11 Å². The summed E-state index contributed by atoms with van der Waals surface area (Å²) in [5, 5.41) is 5.98. The standard InChI is InChI=1S/C17H22N4O4.CH4/c1-4-25-12-6-5-9-21-14(10(2)19-15(12)21)16(22)20-11-7-8-18-13(11)17(23)24-3;/h5-6,9,11,13,18H,4,7-8H2,1-3H3,(H,20,22);1H4/t11-,13+;/m1./s1. The average Bonchev–Trinajstić information content (AvgIpc) is 3.18. The Labute approximate surface area is 152 Å². The van der Waals surface area contributed by atoms with Crippen LogP contribution in [0, 0.1) is 6.92 Å². The van der Waals surface area contributed by atoms with Gasteiger partial charge < -0.3 is 20.1 Å². The van der Waals surface area contributed by atoms with E-state index in [0.717, 1.165) is 0 Å². The predicted octanol–water partition coefficient (Wildman–Crippen LogP) is 1.31. The van der Waals surface area contributed by atoms with Crippen LogP contribution in [0.4, 0.5) is 0 Å². The van der Waals surface area contributed by atoms with Crippen molar-refractivity contribution in [2.75, 3.05) is 20.3 Å². The van der Waals surface area contributed by atoms with Crippen LogP contribution in [0.15, 0.2) is 18.3 Å². The highest BCUT2D eigenvalue weighted by molar-refractivity contribution is 5.95. The number of carbonyl (C=O) groups is 2. The molecule has 0 bridgehead atoms. The van der Waals surface area contributed by atoms with Crippen LogP contribution in [0.1, 0.15) is 37.0 Å². The number of nitrogens with zero attached hydrogens (tertiary/aromatic N) is 2. The van der Waals surface area contributed by atoms with Crippen LogP contribution in [-0.4, -0.2) is 53.6 Å². The van der Waals surface area contributed by atoms with Gasteiger partial charge >= 0.3 is 5.97 Å². The number of aryl methyl sites for hydroxylation is 1. The molecule has 2 aromatic rings. The molecule has 2 aromatic heterocycles. The number of ether oxygens (including phenoxy) is 2. The molecule has 3 rings (SSSR count). The van der Waals surface area contributed by atoms with Crippen LogP contribution in [0.2, 0.25) is 0 Å². The van der Waals surface area contributed by atoms with Crippen LogP contribution < -0.4 is 15.4 Å². The van der Waals surface area contributed by atoms with Crippen molar-refractivity contribution in [3.63, 3.8) is 0 Å². The first-order valence-electron chi connectivity index (χ1n) is 8.29. The zero-order chi connectivity index (χ0) is 18.0. The molecule has 1 saturated heterocycles. The molecule has 142 valence electrons. The first kappa shape index (κ1) is 19.7. The molecule has 0 aromatic carbocycles. The van der Waals surface area contributed by atoms with Crippen molar-refractivity contribution in [3.05, 3.63) is 29.7 Å². The number of hydrogen-bond donors (Lipinski definition) is 2. The highest BCUT2D eigenvalue weighted by Crippen LogP contribution is 2.22. The molecule has 1 amide bonds. The third kappa shape index (κ3) is 3.50. The number of amides is 1. The van der Waals surface area contributed by atoms with Gasteiger partial charge in [0.05, 0.1) is 25.5 Å². The highest BCUT2D eigenvalue weighted by Gasteiger charge is 2.35. The molecule has 8 heteroatoms. The minimum absolute atomic E-state index is 0. The maximum absolute atomic E-state index is 12.8. The van der Waals surface area contributed by atoms with Crippen molar-refractivity contribution in [2.24, 2.45) is 0 Å². The lowest BCUT2D eigenvalue weighted by atomic mass is 10.1. The number of nitrogens with one attached hydrogen (secondary N) is 2. The van der Waals surface area contributed by atoms with Gasteiger partial charge in [0.15, 0.2) is 11.4 Å². The van der Waals surface area contributed by atoms with Gasteiger partial charge in [0.1, 0.15) is 11.7 Å². The van der Waals surface area contributed by atoms with E-state index in [0.29, 0.717) is 42.4 Å². The summed E-state index contributed by atoms with van der Waals surface area (Å²) in [6.07, 6.45) is 2.43. The minimum Gasteiger partial charge on any atom is -0.490 e. The smallest absolute Gasteiger partial charge is 0.325 e. The number of aromatic nitrogens is 2. The Bertz CT molecular complexity index is 802. The lowest BCUT2D eigenvalue weighted by molar-refractivity contribution is -0.143. The normalized spacial score (nSPS) is 19.0. The summed E-state index contributed by atoms with van der Waals surface area (Å²) in [6, 6.07) is 2.78. The first-order chi connectivity index (χ1) is 12.1. The van der Waals surface area contributed by atoms with Crippen molar-refractivity contribution in [1.82, 2.24) is 20.0 Å². The van der Waals surface area contributed by atoms with E-state index < -0.39 is 6.04 Å². The molecule has 3 heterocycles. The second-order valence-corrected chi connectivity index (χ2v) is 5.87. The van der Waals surface area contributed by atoms with Gasteiger partial charge in [0.2, 0.25) is 0 Å². The molecule has 0 radical (unpaired) electrons. The van der Waals surface area contributed by atoms with E-state index in [-0.39, 0.29) is 25.3 Å². The summed E-state index contributed by atoms with van der Waals surface area (Å²) in [7, 11) is 1.34. The Morgan fingerprint density at radius 3 is 2.92 bits per heavy atom. The molecule has 1 aliphatic heterocycles. The molecule has 2 atom stereocenters. The van der Waals surface area contributed by atoms with Crippen molar-refractivity contribution in [3.8, 4) is 5.75 Å². The van der Waals surface area contributed by atoms with Gasteiger partial charge in [-0.15, -0.1) is 0 Å². The second-order valence-electron chi connectivity index (χ2n) is 5.87. The van der Waals surface area contributed by atoms with Crippen LogP contribution in [0.5, 0.6) is 5.75 Å². The Kier molecular flexibility index (Phi) is 6.20. The number of methoxy groups -OCH3 is 1. The van der Waals surface area contributed by atoms with Gasteiger partial charge in [0.25, 0.3) is 5.91 Å². The van der Waals surface area contributed by atoms with Gasteiger partial charge in [0, 0.05) is 6.20 Å². The quantitative estimate of drug-likeness (QED) is 0.779. The Morgan fingerprint density at radius 2 is 2.23 bits per heavy atom. The van der Waals surface area contributed by atoms with Gasteiger partial charge in [-0.05, 0) is 38.9 Å². The van der Waals surface area contributed by atoms with Crippen molar-refractivity contribution in [2.45, 2.75) is 39.8 Å². The molecule has 8 nitrogen and oxygen atoms in total. The maximum Gasteiger partial charge on any atom is 0.325 e. The average molecular weight is 362 g/mol. The fourth-order valence-corrected chi connectivity index (χ4v) is 3.17. The number of imidazole rings is 1. The summed E-state index contributed by atoms with van der Waals surface area (Å²) in [4.78, 5) is 29.1. The summed E-state index contributed by atoms with van der Waals surface area (Å²) in [5.41, 5.74) is 1.64. The Balaban J connectivity index is 0.00000243. The van der Waals surface area contributed by atoms with Crippen LogP contribution in [-0.2, 0) is 9.53 Å². The van der Waals surface area contributed by atoms with E-state index in [2.05, 4.69) is 15.6 Å².